The highest BCUT2D eigenvalue weighted by atomic mass is 16.5. The first kappa shape index (κ1) is 16.2. The summed E-state index contributed by atoms with van der Waals surface area (Å²) in [6.07, 6.45) is 9.37. The number of benzene rings is 1. The van der Waals surface area contributed by atoms with Gasteiger partial charge in [0, 0.05) is 0 Å². The van der Waals surface area contributed by atoms with Gasteiger partial charge in [-0.25, -0.2) is 0 Å². The third kappa shape index (κ3) is 8.25. The molecule has 0 amide bonds. The largest absolute Gasteiger partial charge is 0.373 e. The lowest BCUT2D eigenvalue weighted by Gasteiger charge is -2.01. The summed E-state index contributed by atoms with van der Waals surface area (Å²) in [4.78, 5) is 0. The van der Waals surface area contributed by atoms with Crippen LogP contribution in [0.25, 0.3) is 0 Å². The fourth-order valence-corrected chi connectivity index (χ4v) is 1.47. The first-order chi connectivity index (χ1) is 9.83. The molecule has 0 radical (unpaired) electrons. The van der Waals surface area contributed by atoms with Crippen molar-refractivity contribution in [2.75, 3.05) is 19.8 Å². The van der Waals surface area contributed by atoms with Gasteiger partial charge in [0.15, 0.2) is 0 Å². The van der Waals surface area contributed by atoms with E-state index < -0.39 is 0 Å². The molecule has 0 saturated heterocycles. The molecule has 20 heavy (non-hydrogen) atoms. The van der Waals surface area contributed by atoms with E-state index in [1.54, 1.807) is 6.08 Å². The van der Waals surface area contributed by atoms with Crippen LogP contribution in [0.1, 0.15) is 5.56 Å². The van der Waals surface area contributed by atoms with Gasteiger partial charge in [-0.3, -0.25) is 0 Å². The molecule has 0 bridgehead atoms. The Hall–Kier alpha value is -1.90. The van der Waals surface area contributed by atoms with Crippen LogP contribution in [-0.4, -0.2) is 19.8 Å². The molecule has 0 atom stereocenters. The van der Waals surface area contributed by atoms with Gasteiger partial charge in [0.05, 0.1) is 26.4 Å². The maximum absolute atomic E-state index is 5.52. The van der Waals surface area contributed by atoms with Gasteiger partial charge in [0.1, 0.15) is 0 Å². The summed E-state index contributed by atoms with van der Waals surface area (Å²) >= 11 is 0. The smallest absolute Gasteiger partial charge is 0.0721 e. The molecule has 2 nitrogen and oxygen atoms in total. The number of allylic oxidation sites excluding steroid dienone is 2. The predicted octanol–water partition coefficient (Wildman–Crippen LogP) is 4.07. The van der Waals surface area contributed by atoms with Crippen molar-refractivity contribution in [1.29, 1.82) is 0 Å². The summed E-state index contributed by atoms with van der Waals surface area (Å²) in [7, 11) is 0. The Balaban J connectivity index is 2.01. The van der Waals surface area contributed by atoms with E-state index >= 15 is 0 Å². The Morgan fingerprint density at radius 1 is 1.05 bits per heavy atom. The second-order valence-corrected chi connectivity index (χ2v) is 4.24. The summed E-state index contributed by atoms with van der Waals surface area (Å²) in [5, 5.41) is 0. The third-order valence-corrected chi connectivity index (χ3v) is 2.46. The van der Waals surface area contributed by atoms with E-state index in [9.17, 15) is 0 Å². The van der Waals surface area contributed by atoms with Gasteiger partial charge in [0.25, 0.3) is 0 Å². The van der Waals surface area contributed by atoms with Crippen molar-refractivity contribution in [3.8, 4) is 0 Å². The normalized spacial score (nSPS) is 11.2. The number of ether oxygens (including phenoxy) is 2. The monoisotopic (exact) mass is 270 g/mol. The Morgan fingerprint density at radius 3 is 2.45 bits per heavy atom. The van der Waals surface area contributed by atoms with Crippen LogP contribution in [0.15, 0.2) is 79.4 Å². The Morgan fingerprint density at radius 2 is 1.75 bits per heavy atom. The molecular formula is C18H22O2. The highest BCUT2D eigenvalue weighted by Gasteiger charge is 1.90. The molecule has 1 rings (SSSR count). The van der Waals surface area contributed by atoms with Gasteiger partial charge < -0.3 is 9.47 Å². The van der Waals surface area contributed by atoms with Crippen molar-refractivity contribution >= 4 is 0 Å². The number of hydrogen-bond donors (Lipinski definition) is 0. The number of rotatable bonds is 10. The van der Waals surface area contributed by atoms with Crippen LogP contribution < -0.4 is 0 Å². The maximum atomic E-state index is 5.52. The molecule has 0 saturated carbocycles. The fourth-order valence-electron chi connectivity index (χ4n) is 1.47. The average Bonchev–Trinajstić information content (AvgIpc) is 2.49. The first-order valence-electron chi connectivity index (χ1n) is 6.64. The minimum absolute atomic E-state index is 0.527. The molecule has 0 unspecified atom stereocenters. The minimum atomic E-state index is 0.527. The molecule has 106 valence electrons. The molecule has 1 aromatic carbocycles. The average molecular weight is 270 g/mol. The molecule has 0 N–H and O–H groups in total. The zero-order valence-corrected chi connectivity index (χ0v) is 11.8. The van der Waals surface area contributed by atoms with Crippen LogP contribution >= 0.6 is 0 Å². The molecule has 0 aromatic heterocycles. The lowest BCUT2D eigenvalue weighted by Crippen LogP contribution is -1.96. The fraction of sp³-hybridized carbons (Fsp3) is 0.222. The summed E-state index contributed by atoms with van der Waals surface area (Å²) in [6, 6.07) is 10.1. The molecule has 0 heterocycles. The van der Waals surface area contributed by atoms with E-state index in [1.165, 1.54) is 5.56 Å². The molecular weight excluding hydrogens is 248 g/mol. The third-order valence-electron chi connectivity index (χ3n) is 2.46. The van der Waals surface area contributed by atoms with Gasteiger partial charge in [-0.15, -0.1) is 0 Å². The molecule has 0 spiro atoms. The molecule has 1 aromatic rings. The second kappa shape index (κ2) is 11.0. The van der Waals surface area contributed by atoms with E-state index in [-0.39, 0.29) is 0 Å². The maximum Gasteiger partial charge on any atom is 0.0721 e. The van der Waals surface area contributed by atoms with E-state index in [0.717, 1.165) is 5.57 Å². The molecule has 0 aliphatic rings. The van der Waals surface area contributed by atoms with Crippen molar-refractivity contribution in [3.63, 3.8) is 0 Å². The van der Waals surface area contributed by atoms with Crippen molar-refractivity contribution in [3.05, 3.63) is 85.0 Å². The Kier molecular flexibility index (Phi) is 8.86. The van der Waals surface area contributed by atoms with Gasteiger partial charge in [-0.1, -0.05) is 73.9 Å². The van der Waals surface area contributed by atoms with Crippen LogP contribution in [0.2, 0.25) is 0 Å². The molecule has 2 heteroatoms. The first-order valence-corrected chi connectivity index (χ1v) is 6.64. The molecule has 0 aliphatic carbocycles. The van der Waals surface area contributed by atoms with E-state index in [4.69, 9.17) is 9.47 Å². The zero-order valence-electron chi connectivity index (χ0n) is 11.8. The van der Waals surface area contributed by atoms with Crippen LogP contribution in [-0.2, 0) is 16.1 Å². The van der Waals surface area contributed by atoms with E-state index in [0.29, 0.717) is 26.4 Å². The van der Waals surface area contributed by atoms with E-state index in [2.05, 4.69) is 25.3 Å². The topological polar surface area (TPSA) is 18.5 Å². The van der Waals surface area contributed by atoms with Crippen molar-refractivity contribution < 1.29 is 9.47 Å². The van der Waals surface area contributed by atoms with Gasteiger partial charge in [0.2, 0.25) is 0 Å². The highest BCUT2D eigenvalue weighted by Crippen LogP contribution is 2.00. The van der Waals surface area contributed by atoms with Crippen molar-refractivity contribution in [1.82, 2.24) is 0 Å². The quantitative estimate of drug-likeness (QED) is 0.362. The summed E-state index contributed by atoms with van der Waals surface area (Å²) in [6.45, 7) is 9.78. The highest BCUT2D eigenvalue weighted by molar-refractivity contribution is 5.18. The number of hydrogen-bond acceptors (Lipinski definition) is 2. The van der Waals surface area contributed by atoms with Crippen LogP contribution in [0.5, 0.6) is 0 Å². The van der Waals surface area contributed by atoms with Crippen LogP contribution in [0, 0.1) is 0 Å². The van der Waals surface area contributed by atoms with Crippen LogP contribution in [0.4, 0.5) is 0 Å². The summed E-state index contributed by atoms with van der Waals surface area (Å²) in [5.74, 6) is 0. The Bertz CT molecular complexity index is 444. The van der Waals surface area contributed by atoms with Gasteiger partial charge in [-0.2, -0.15) is 0 Å². The van der Waals surface area contributed by atoms with Gasteiger partial charge in [-0.05, 0) is 11.1 Å². The molecule has 0 fully saturated rings. The van der Waals surface area contributed by atoms with Crippen molar-refractivity contribution in [2.24, 2.45) is 0 Å². The standard InChI is InChI=1S/C18H22O2/c1-3-4-10-17(2)15-19-13-8-9-14-20-16-18-11-6-5-7-12-18/h3-12H,1-2,13-16H2. The lowest BCUT2D eigenvalue weighted by atomic mass is 10.2. The SMILES string of the molecule is C=CC=CC(=C)COCC=CCOCc1ccccc1. The summed E-state index contributed by atoms with van der Waals surface area (Å²) in [5.41, 5.74) is 2.11. The van der Waals surface area contributed by atoms with Crippen LogP contribution in [0.3, 0.4) is 0 Å². The van der Waals surface area contributed by atoms with Gasteiger partial charge >= 0.3 is 0 Å². The molecule has 0 aliphatic heterocycles. The second-order valence-electron chi connectivity index (χ2n) is 4.24. The summed E-state index contributed by atoms with van der Waals surface area (Å²) < 4.78 is 10.9. The minimum Gasteiger partial charge on any atom is -0.373 e. The van der Waals surface area contributed by atoms with Crippen molar-refractivity contribution in [2.45, 2.75) is 6.61 Å². The zero-order chi connectivity index (χ0) is 14.5. The Labute approximate surface area is 121 Å². The lowest BCUT2D eigenvalue weighted by molar-refractivity contribution is 0.147. The predicted molar refractivity (Wildman–Crippen MR) is 84.5 cm³/mol. The van der Waals surface area contributed by atoms with E-state index in [1.807, 2.05) is 42.5 Å².